The Bertz CT molecular complexity index is 591. The fraction of sp³-hybridized carbons (Fsp3) is 0.444. The van der Waals surface area contributed by atoms with Gasteiger partial charge in [0.25, 0.3) is 0 Å². The molecule has 2 aromatic rings. The normalized spacial score (nSPS) is 15.7. The minimum atomic E-state index is 0.0167. The molecule has 0 bridgehead atoms. The Morgan fingerprint density at radius 1 is 1.05 bits per heavy atom. The fourth-order valence-electron chi connectivity index (χ4n) is 3.09. The van der Waals surface area contributed by atoms with Gasteiger partial charge in [0.1, 0.15) is 5.75 Å². The number of ether oxygens (including phenoxy) is 1. The van der Waals surface area contributed by atoms with E-state index in [1.54, 1.807) is 0 Å². The maximum atomic E-state index is 9.66. The lowest BCUT2D eigenvalue weighted by Gasteiger charge is -2.16. The summed E-state index contributed by atoms with van der Waals surface area (Å²) in [5.74, 6) is 0.817. The number of aliphatic hydroxyl groups is 1. The van der Waals surface area contributed by atoms with Crippen molar-refractivity contribution < 1.29 is 9.84 Å². The number of benzene rings is 2. The molecule has 0 saturated carbocycles. The van der Waals surface area contributed by atoms with Gasteiger partial charge in [0.05, 0.1) is 13.2 Å². The van der Waals surface area contributed by atoms with Crippen molar-refractivity contribution in [3.05, 3.63) is 42.0 Å². The largest absolute Gasteiger partial charge is 0.493 e. The summed E-state index contributed by atoms with van der Waals surface area (Å²) in [4.78, 5) is 2.50. The molecule has 0 radical (unpaired) electrons. The maximum absolute atomic E-state index is 9.66. The zero-order valence-corrected chi connectivity index (χ0v) is 12.4. The summed E-state index contributed by atoms with van der Waals surface area (Å²) in [6, 6.07) is 12.1. The maximum Gasteiger partial charge on any atom is 0.125 e. The topological polar surface area (TPSA) is 32.7 Å². The van der Waals surface area contributed by atoms with E-state index in [0.29, 0.717) is 6.61 Å². The van der Waals surface area contributed by atoms with E-state index in [4.69, 9.17) is 4.74 Å². The van der Waals surface area contributed by atoms with Crippen molar-refractivity contribution >= 4 is 10.8 Å². The van der Waals surface area contributed by atoms with Gasteiger partial charge >= 0.3 is 0 Å². The first kappa shape index (κ1) is 14.4. The lowest BCUT2D eigenvalue weighted by molar-refractivity contribution is 0.247. The molecule has 1 aliphatic heterocycles. The number of likely N-dealkylation sites (tertiary alicyclic amines) is 1. The minimum Gasteiger partial charge on any atom is -0.493 e. The highest BCUT2D eigenvalue weighted by atomic mass is 16.5. The average Bonchev–Trinajstić information content (AvgIpc) is 3.04. The molecule has 1 heterocycles. The molecular formula is C18H23NO2. The van der Waals surface area contributed by atoms with Gasteiger partial charge in [-0.25, -0.2) is 0 Å². The number of aliphatic hydroxyl groups excluding tert-OH is 1. The average molecular weight is 285 g/mol. The van der Waals surface area contributed by atoms with Crippen LogP contribution in [0.2, 0.25) is 0 Å². The number of fused-ring (bicyclic) bond motifs is 1. The van der Waals surface area contributed by atoms with E-state index in [1.165, 1.54) is 25.9 Å². The molecule has 1 saturated heterocycles. The molecule has 112 valence electrons. The van der Waals surface area contributed by atoms with Gasteiger partial charge in [-0.2, -0.15) is 0 Å². The van der Waals surface area contributed by atoms with Gasteiger partial charge in [0, 0.05) is 12.1 Å². The Labute approximate surface area is 126 Å². The summed E-state index contributed by atoms with van der Waals surface area (Å²) in [6.45, 7) is 4.31. The van der Waals surface area contributed by atoms with Crippen molar-refractivity contribution in [3.63, 3.8) is 0 Å². The predicted octanol–water partition coefficient (Wildman–Crippen LogP) is 3.20. The Morgan fingerprint density at radius 2 is 1.86 bits per heavy atom. The van der Waals surface area contributed by atoms with E-state index < -0.39 is 0 Å². The molecule has 3 rings (SSSR count). The molecular weight excluding hydrogens is 262 g/mol. The third kappa shape index (κ3) is 3.36. The van der Waals surface area contributed by atoms with Crippen molar-refractivity contribution in [2.45, 2.75) is 25.9 Å². The van der Waals surface area contributed by atoms with Crippen LogP contribution in [0.1, 0.15) is 24.8 Å². The van der Waals surface area contributed by atoms with E-state index in [1.807, 2.05) is 24.3 Å². The van der Waals surface area contributed by atoms with E-state index in [-0.39, 0.29) is 6.61 Å². The summed E-state index contributed by atoms with van der Waals surface area (Å²) in [5.41, 5.74) is 0.897. The second-order valence-corrected chi connectivity index (χ2v) is 5.67. The lowest BCUT2D eigenvalue weighted by atomic mass is 10.0. The number of nitrogens with zero attached hydrogens (tertiary/aromatic N) is 1. The lowest BCUT2D eigenvalue weighted by Crippen LogP contribution is -2.22. The molecule has 0 aliphatic carbocycles. The van der Waals surface area contributed by atoms with Gasteiger partial charge < -0.3 is 14.7 Å². The third-order valence-corrected chi connectivity index (χ3v) is 4.23. The van der Waals surface area contributed by atoms with Crippen molar-refractivity contribution in [1.29, 1.82) is 0 Å². The van der Waals surface area contributed by atoms with Crippen molar-refractivity contribution in [1.82, 2.24) is 4.90 Å². The standard InChI is InChI=1S/C18H23NO2/c20-14-17-16-7-2-1-6-15(16)8-9-18(17)21-13-5-12-19-10-3-4-11-19/h1-2,6-9,20H,3-5,10-14H2. The van der Waals surface area contributed by atoms with Crippen LogP contribution in [-0.4, -0.2) is 36.2 Å². The molecule has 1 N–H and O–H groups in total. The van der Waals surface area contributed by atoms with Gasteiger partial charge in [-0.3, -0.25) is 0 Å². The Morgan fingerprint density at radius 3 is 2.67 bits per heavy atom. The van der Waals surface area contributed by atoms with Gasteiger partial charge in [-0.05, 0) is 49.2 Å². The predicted molar refractivity (Wildman–Crippen MR) is 85.7 cm³/mol. The highest BCUT2D eigenvalue weighted by Gasteiger charge is 2.11. The molecule has 1 aliphatic rings. The quantitative estimate of drug-likeness (QED) is 0.827. The molecule has 2 aromatic carbocycles. The van der Waals surface area contributed by atoms with Crippen LogP contribution in [0.15, 0.2) is 36.4 Å². The van der Waals surface area contributed by atoms with Gasteiger partial charge in [-0.15, -0.1) is 0 Å². The van der Waals surface area contributed by atoms with Gasteiger partial charge in [0.2, 0.25) is 0 Å². The van der Waals surface area contributed by atoms with Crippen LogP contribution < -0.4 is 4.74 Å². The molecule has 1 fully saturated rings. The number of rotatable bonds is 6. The van der Waals surface area contributed by atoms with Crippen molar-refractivity contribution in [2.24, 2.45) is 0 Å². The van der Waals surface area contributed by atoms with Crippen LogP contribution in [0.4, 0.5) is 0 Å². The van der Waals surface area contributed by atoms with Crippen LogP contribution in [0.3, 0.4) is 0 Å². The van der Waals surface area contributed by atoms with E-state index in [9.17, 15) is 5.11 Å². The minimum absolute atomic E-state index is 0.0167. The van der Waals surface area contributed by atoms with Crippen LogP contribution in [0.25, 0.3) is 10.8 Å². The van der Waals surface area contributed by atoms with Gasteiger partial charge in [-0.1, -0.05) is 30.3 Å². The van der Waals surface area contributed by atoms with Crippen LogP contribution in [0.5, 0.6) is 5.75 Å². The summed E-state index contributed by atoms with van der Waals surface area (Å²) in [6.07, 6.45) is 3.71. The van der Waals surface area contributed by atoms with Crippen molar-refractivity contribution in [2.75, 3.05) is 26.2 Å². The second-order valence-electron chi connectivity index (χ2n) is 5.67. The second kappa shape index (κ2) is 6.92. The molecule has 21 heavy (non-hydrogen) atoms. The monoisotopic (exact) mass is 285 g/mol. The van der Waals surface area contributed by atoms with Crippen LogP contribution in [-0.2, 0) is 6.61 Å². The highest BCUT2D eigenvalue weighted by Crippen LogP contribution is 2.28. The fourth-order valence-corrected chi connectivity index (χ4v) is 3.09. The Balaban J connectivity index is 1.63. The smallest absolute Gasteiger partial charge is 0.125 e. The van der Waals surface area contributed by atoms with Crippen molar-refractivity contribution in [3.8, 4) is 5.75 Å². The molecule has 0 aromatic heterocycles. The summed E-state index contributed by atoms with van der Waals surface area (Å²) >= 11 is 0. The zero-order valence-electron chi connectivity index (χ0n) is 12.4. The first-order valence-electron chi connectivity index (χ1n) is 7.85. The van der Waals surface area contributed by atoms with E-state index in [0.717, 1.165) is 35.1 Å². The van der Waals surface area contributed by atoms with Crippen LogP contribution >= 0.6 is 0 Å². The Hall–Kier alpha value is -1.58. The molecule has 0 amide bonds. The van der Waals surface area contributed by atoms with Crippen LogP contribution in [0, 0.1) is 0 Å². The molecule has 0 atom stereocenters. The molecule has 3 nitrogen and oxygen atoms in total. The SMILES string of the molecule is OCc1c(OCCCN2CCCC2)ccc2ccccc12. The summed E-state index contributed by atoms with van der Waals surface area (Å²) < 4.78 is 5.91. The summed E-state index contributed by atoms with van der Waals surface area (Å²) in [7, 11) is 0. The first-order chi connectivity index (χ1) is 10.4. The first-order valence-corrected chi connectivity index (χ1v) is 7.85. The molecule has 0 unspecified atom stereocenters. The van der Waals surface area contributed by atoms with Gasteiger partial charge in [0.15, 0.2) is 0 Å². The summed E-state index contributed by atoms with van der Waals surface area (Å²) in [5, 5.41) is 11.9. The third-order valence-electron chi connectivity index (χ3n) is 4.23. The van der Waals surface area contributed by atoms with E-state index >= 15 is 0 Å². The molecule has 3 heteroatoms. The number of hydrogen-bond acceptors (Lipinski definition) is 3. The molecule has 0 spiro atoms. The number of hydrogen-bond donors (Lipinski definition) is 1. The highest BCUT2D eigenvalue weighted by molar-refractivity contribution is 5.87. The Kier molecular flexibility index (Phi) is 4.73. The van der Waals surface area contributed by atoms with E-state index in [2.05, 4.69) is 17.0 Å². The zero-order chi connectivity index (χ0) is 14.5.